The summed E-state index contributed by atoms with van der Waals surface area (Å²) in [5, 5.41) is 4.16. The normalized spacial score (nSPS) is 23.7. The van der Waals surface area contributed by atoms with Crippen molar-refractivity contribution in [2.45, 2.75) is 44.1 Å². The molecule has 1 atom stereocenters. The van der Waals surface area contributed by atoms with Crippen LogP contribution in [0, 0.1) is 5.92 Å². The van der Waals surface area contributed by atoms with E-state index in [0.29, 0.717) is 44.0 Å². The van der Waals surface area contributed by atoms with E-state index in [1.165, 1.54) is 12.8 Å². The molecule has 2 aliphatic rings. The van der Waals surface area contributed by atoms with E-state index >= 15 is 0 Å². The third kappa shape index (κ3) is 2.60. The molecule has 6 nitrogen and oxygen atoms in total. The summed E-state index contributed by atoms with van der Waals surface area (Å²) in [5.41, 5.74) is 5.75. The number of nitrogens with zero attached hydrogens (tertiary/aromatic N) is 2. The molecule has 2 heterocycles. The van der Waals surface area contributed by atoms with Gasteiger partial charge in [-0.15, -0.1) is 0 Å². The first-order chi connectivity index (χ1) is 9.79. The molecule has 1 aliphatic heterocycles. The van der Waals surface area contributed by atoms with Crippen LogP contribution in [0.2, 0.25) is 0 Å². The lowest BCUT2D eigenvalue weighted by Crippen LogP contribution is -2.41. The molecule has 1 aliphatic carbocycles. The molecule has 1 saturated heterocycles. The van der Waals surface area contributed by atoms with Crippen molar-refractivity contribution in [1.82, 2.24) is 10.1 Å². The number of hydrogen-bond donors (Lipinski definition) is 1. The second-order valence-corrected chi connectivity index (χ2v) is 5.77. The Hall–Kier alpha value is -0.980. The molecule has 2 fully saturated rings. The van der Waals surface area contributed by atoms with E-state index < -0.39 is 0 Å². The maximum atomic E-state index is 5.97. The molecule has 6 heteroatoms. The molecule has 1 saturated carbocycles. The summed E-state index contributed by atoms with van der Waals surface area (Å²) < 4.78 is 16.7. The van der Waals surface area contributed by atoms with Crippen molar-refractivity contribution < 1.29 is 14.0 Å². The molecule has 3 rings (SSSR count). The Balaban J connectivity index is 1.80. The van der Waals surface area contributed by atoms with Crippen molar-refractivity contribution in [3.63, 3.8) is 0 Å². The second kappa shape index (κ2) is 5.79. The predicted octanol–water partition coefficient (Wildman–Crippen LogP) is 1.56. The third-order valence-corrected chi connectivity index (χ3v) is 4.39. The van der Waals surface area contributed by atoms with E-state index in [2.05, 4.69) is 10.1 Å². The van der Waals surface area contributed by atoms with Crippen LogP contribution in [0.15, 0.2) is 4.52 Å². The van der Waals surface area contributed by atoms with Gasteiger partial charge in [-0.3, -0.25) is 0 Å². The molecule has 20 heavy (non-hydrogen) atoms. The number of nitrogens with two attached hydrogens (primary N) is 1. The predicted molar refractivity (Wildman–Crippen MR) is 72.2 cm³/mol. The van der Waals surface area contributed by atoms with Crippen molar-refractivity contribution in [2.75, 3.05) is 26.4 Å². The molecule has 1 unspecified atom stereocenters. The maximum absolute atomic E-state index is 5.97. The average Bonchev–Trinajstić information content (AvgIpc) is 3.21. The summed E-state index contributed by atoms with van der Waals surface area (Å²) in [6, 6.07) is 0. The lowest BCUT2D eigenvalue weighted by atomic mass is 9.80. The van der Waals surface area contributed by atoms with Crippen LogP contribution in [0.4, 0.5) is 0 Å². The van der Waals surface area contributed by atoms with Gasteiger partial charge >= 0.3 is 0 Å². The van der Waals surface area contributed by atoms with Crippen molar-refractivity contribution in [3.05, 3.63) is 11.7 Å². The Bertz CT molecular complexity index is 439. The topological polar surface area (TPSA) is 83.4 Å². The van der Waals surface area contributed by atoms with Gasteiger partial charge < -0.3 is 19.7 Å². The minimum absolute atomic E-state index is 0.0211. The summed E-state index contributed by atoms with van der Waals surface area (Å²) in [6.45, 7) is 4.58. The highest BCUT2D eigenvalue weighted by Crippen LogP contribution is 2.43. The summed E-state index contributed by atoms with van der Waals surface area (Å²) in [6.07, 6.45) is 4.03. The first-order valence-corrected chi connectivity index (χ1v) is 7.52. The SMILES string of the molecule is CCOC(c1noc(C2(CN)CCOCC2)n1)C1CC1. The van der Waals surface area contributed by atoms with Crippen LogP contribution in [-0.4, -0.2) is 36.5 Å². The van der Waals surface area contributed by atoms with E-state index in [9.17, 15) is 0 Å². The van der Waals surface area contributed by atoms with E-state index in [0.717, 1.165) is 12.8 Å². The van der Waals surface area contributed by atoms with Crippen LogP contribution in [0.1, 0.15) is 50.4 Å². The van der Waals surface area contributed by atoms with Gasteiger partial charge in [0, 0.05) is 26.4 Å². The van der Waals surface area contributed by atoms with Gasteiger partial charge in [0.15, 0.2) is 0 Å². The zero-order valence-corrected chi connectivity index (χ0v) is 12.0. The maximum Gasteiger partial charge on any atom is 0.234 e. The first-order valence-electron chi connectivity index (χ1n) is 7.52. The highest BCUT2D eigenvalue weighted by molar-refractivity contribution is 5.09. The Morgan fingerprint density at radius 3 is 2.75 bits per heavy atom. The monoisotopic (exact) mass is 281 g/mol. The molecule has 0 amide bonds. The number of rotatable bonds is 6. The molecule has 0 aromatic carbocycles. The van der Waals surface area contributed by atoms with Crippen LogP contribution >= 0.6 is 0 Å². The van der Waals surface area contributed by atoms with Crippen molar-refractivity contribution in [2.24, 2.45) is 11.7 Å². The van der Waals surface area contributed by atoms with Crippen molar-refractivity contribution in [1.29, 1.82) is 0 Å². The van der Waals surface area contributed by atoms with E-state index in [1.807, 2.05) is 6.92 Å². The van der Waals surface area contributed by atoms with Gasteiger partial charge in [0.1, 0.15) is 6.10 Å². The Labute approximate surface area is 119 Å². The Kier molecular flexibility index (Phi) is 4.05. The van der Waals surface area contributed by atoms with Crippen LogP contribution in [-0.2, 0) is 14.9 Å². The molecule has 2 N–H and O–H groups in total. The summed E-state index contributed by atoms with van der Waals surface area (Å²) in [5.74, 6) is 1.89. The lowest BCUT2D eigenvalue weighted by Gasteiger charge is -2.32. The molecular formula is C14H23N3O3. The standard InChI is InChI=1S/C14H23N3O3/c1-2-19-11(10-3-4-10)12-16-13(20-17-12)14(9-15)5-7-18-8-6-14/h10-11H,2-9,15H2,1H3. The van der Waals surface area contributed by atoms with Crippen LogP contribution < -0.4 is 5.73 Å². The second-order valence-electron chi connectivity index (χ2n) is 5.77. The summed E-state index contributed by atoms with van der Waals surface area (Å²) >= 11 is 0. The molecule has 0 spiro atoms. The third-order valence-electron chi connectivity index (χ3n) is 4.39. The summed E-state index contributed by atoms with van der Waals surface area (Å²) in [4.78, 5) is 4.62. The highest BCUT2D eigenvalue weighted by Gasteiger charge is 2.41. The molecular weight excluding hydrogens is 258 g/mol. The molecule has 112 valence electrons. The first kappa shape index (κ1) is 14.0. The van der Waals surface area contributed by atoms with Gasteiger partial charge in [-0.2, -0.15) is 4.98 Å². The minimum Gasteiger partial charge on any atom is -0.381 e. The fraction of sp³-hybridized carbons (Fsp3) is 0.857. The summed E-state index contributed by atoms with van der Waals surface area (Å²) in [7, 11) is 0. The number of ether oxygens (including phenoxy) is 2. The van der Waals surface area contributed by atoms with E-state index in [-0.39, 0.29) is 11.5 Å². The zero-order valence-electron chi connectivity index (χ0n) is 12.0. The fourth-order valence-electron chi connectivity index (χ4n) is 2.83. The van der Waals surface area contributed by atoms with Crippen LogP contribution in [0.3, 0.4) is 0 Å². The molecule has 1 aromatic rings. The zero-order chi connectivity index (χ0) is 14.0. The molecule has 1 aromatic heterocycles. The number of hydrogen-bond acceptors (Lipinski definition) is 6. The van der Waals surface area contributed by atoms with Crippen molar-refractivity contribution in [3.8, 4) is 0 Å². The number of aromatic nitrogens is 2. The Morgan fingerprint density at radius 2 is 2.15 bits per heavy atom. The molecule has 0 radical (unpaired) electrons. The molecule has 0 bridgehead atoms. The van der Waals surface area contributed by atoms with Gasteiger partial charge in [0.2, 0.25) is 11.7 Å². The van der Waals surface area contributed by atoms with Gasteiger partial charge in [0.05, 0.1) is 5.41 Å². The smallest absolute Gasteiger partial charge is 0.234 e. The van der Waals surface area contributed by atoms with Gasteiger partial charge in [0.25, 0.3) is 0 Å². The van der Waals surface area contributed by atoms with E-state index in [1.54, 1.807) is 0 Å². The fourth-order valence-corrected chi connectivity index (χ4v) is 2.83. The minimum atomic E-state index is -0.218. The highest BCUT2D eigenvalue weighted by atomic mass is 16.5. The largest absolute Gasteiger partial charge is 0.381 e. The lowest BCUT2D eigenvalue weighted by molar-refractivity contribution is 0.0381. The Morgan fingerprint density at radius 1 is 1.40 bits per heavy atom. The quantitative estimate of drug-likeness (QED) is 0.852. The van der Waals surface area contributed by atoms with Gasteiger partial charge in [-0.05, 0) is 38.5 Å². The van der Waals surface area contributed by atoms with Crippen molar-refractivity contribution >= 4 is 0 Å². The average molecular weight is 281 g/mol. The van der Waals surface area contributed by atoms with Gasteiger partial charge in [-0.25, -0.2) is 0 Å². The van der Waals surface area contributed by atoms with Crippen LogP contribution in [0.5, 0.6) is 0 Å². The van der Waals surface area contributed by atoms with E-state index in [4.69, 9.17) is 19.7 Å². The van der Waals surface area contributed by atoms with Crippen LogP contribution in [0.25, 0.3) is 0 Å². The van der Waals surface area contributed by atoms with Gasteiger partial charge in [-0.1, -0.05) is 5.16 Å².